The lowest BCUT2D eigenvalue weighted by atomic mass is 9.98. The fourth-order valence-corrected chi connectivity index (χ4v) is 2.22. The Bertz CT molecular complexity index is 653. The van der Waals surface area contributed by atoms with Gasteiger partial charge in [0.25, 0.3) is 5.91 Å². The fraction of sp³-hybridized carbons (Fsp3) is 0.421. The smallest absolute Gasteiger partial charge is 0.255 e. The van der Waals surface area contributed by atoms with Crippen molar-refractivity contribution in [2.75, 3.05) is 31.7 Å². The SMILES string of the molecule is C(OCC1CO1)C1CO1.NC1(N)C=CC(C(=O)Nc2ccccc2)=CC1. The lowest BCUT2D eigenvalue weighted by molar-refractivity contribution is -0.112. The largest absolute Gasteiger partial charge is 0.376 e. The molecule has 2 fully saturated rings. The summed E-state index contributed by atoms with van der Waals surface area (Å²) in [7, 11) is 0. The highest BCUT2D eigenvalue weighted by Crippen LogP contribution is 2.16. The summed E-state index contributed by atoms with van der Waals surface area (Å²) < 4.78 is 15.1. The van der Waals surface area contributed by atoms with Crippen molar-refractivity contribution in [3.8, 4) is 0 Å². The molecule has 0 radical (unpaired) electrons. The van der Waals surface area contributed by atoms with E-state index in [9.17, 15) is 4.79 Å². The number of ether oxygens (including phenoxy) is 3. The Morgan fingerprint density at radius 3 is 2.27 bits per heavy atom. The normalized spacial score (nSPS) is 24.8. The van der Waals surface area contributed by atoms with Gasteiger partial charge in [-0.2, -0.15) is 0 Å². The first-order valence-corrected chi connectivity index (χ1v) is 8.66. The Balaban J connectivity index is 0.000000181. The van der Waals surface area contributed by atoms with Gasteiger partial charge in [0.2, 0.25) is 0 Å². The second kappa shape index (κ2) is 8.57. The molecular weight excluding hydrogens is 334 g/mol. The molecule has 4 rings (SSSR count). The first-order chi connectivity index (χ1) is 12.5. The summed E-state index contributed by atoms with van der Waals surface area (Å²) in [6.45, 7) is 3.26. The van der Waals surface area contributed by atoms with Gasteiger partial charge in [-0.1, -0.05) is 30.4 Å². The minimum Gasteiger partial charge on any atom is -0.376 e. The van der Waals surface area contributed by atoms with Crippen LogP contribution in [0.1, 0.15) is 6.42 Å². The van der Waals surface area contributed by atoms with Gasteiger partial charge in [-0.05, 0) is 18.2 Å². The Morgan fingerprint density at radius 2 is 1.77 bits per heavy atom. The number of carbonyl (C=O) groups excluding carboxylic acids is 1. The molecule has 2 unspecified atom stereocenters. The molecule has 0 aromatic heterocycles. The first-order valence-electron chi connectivity index (χ1n) is 8.66. The molecule has 140 valence electrons. The van der Waals surface area contributed by atoms with Gasteiger partial charge in [-0.15, -0.1) is 0 Å². The van der Waals surface area contributed by atoms with E-state index >= 15 is 0 Å². The predicted molar refractivity (Wildman–Crippen MR) is 98.3 cm³/mol. The van der Waals surface area contributed by atoms with Crippen LogP contribution < -0.4 is 16.8 Å². The van der Waals surface area contributed by atoms with Crippen LogP contribution in [0, 0.1) is 0 Å². The van der Waals surface area contributed by atoms with Crippen LogP contribution in [0.3, 0.4) is 0 Å². The number of anilines is 1. The molecule has 7 nitrogen and oxygen atoms in total. The predicted octanol–water partition coefficient (Wildman–Crippen LogP) is 0.926. The molecule has 7 heteroatoms. The van der Waals surface area contributed by atoms with Gasteiger partial charge in [-0.3, -0.25) is 4.79 Å². The lowest BCUT2D eigenvalue weighted by Gasteiger charge is -2.22. The molecule has 0 spiro atoms. The van der Waals surface area contributed by atoms with E-state index in [1.807, 2.05) is 30.3 Å². The fourth-order valence-electron chi connectivity index (χ4n) is 2.22. The molecule has 1 aliphatic carbocycles. The van der Waals surface area contributed by atoms with Crippen molar-refractivity contribution in [1.82, 2.24) is 0 Å². The van der Waals surface area contributed by atoms with Crippen LogP contribution in [0.5, 0.6) is 0 Å². The first kappa shape index (κ1) is 18.8. The number of amides is 1. The standard InChI is InChI=1S/C13H15N3O.C6H10O3/c14-13(15)8-6-10(7-9-13)12(17)16-11-4-2-1-3-5-11;1(5-3-8-5)7-2-6-4-9-6/h1-8H,9,14-15H2,(H,16,17);5-6H,1-4H2. The summed E-state index contributed by atoms with van der Waals surface area (Å²) in [6.07, 6.45) is 6.29. The van der Waals surface area contributed by atoms with Crippen molar-refractivity contribution >= 4 is 11.6 Å². The van der Waals surface area contributed by atoms with Crippen molar-refractivity contribution in [1.29, 1.82) is 0 Å². The molecular formula is C19H25N3O4. The maximum Gasteiger partial charge on any atom is 0.255 e. The summed E-state index contributed by atoms with van der Waals surface area (Å²) in [5.41, 5.74) is 11.9. The van der Waals surface area contributed by atoms with E-state index in [2.05, 4.69) is 5.32 Å². The van der Waals surface area contributed by atoms with Crippen molar-refractivity contribution in [3.63, 3.8) is 0 Å². The molecule has 2 aliphatic heterocycles. The highest BCUT2D eigenvalue weighted by Gasteiger charge is 2.26. The molecule has 3 aliphatic rings. The van der Waals surface area contributed by atoms with Crippen molar-refractivity contribution < 1.29 is 19.0 Å². The second-order valence-electron chi connectivity index (χ2n) is 6.58. The average molecular weight is 359 g/mol. The number of nitrogens with two attached hydrogens (primary N) is 2. The maximum absolute atomic E-state index is 11.9. The minimum absolute atomic E-state index is 0.150. The number of nitrogens with one attached hydrogen (secondary N) is 1. The lowest BCUT2D eigenvalue weighted by Crippen LogP contribution is -2.47. The minimum atomic E-state index is -0.837. The van der Waals surface area contributed by atoms with Gasteiger partial charge in [-0.25, -0.2) is 0 Å². The number of hydrogen-bond acceptors (Lipinski definition) is 6. The zero-order valence-corrected chi connectivity index (χ0v) is 14.6. The number of para-hydroxylation sites is 1. The van der Waals surface area contributed by atoms with Crippen LogP contribution in [0.4, 0.5) is 5.69 Å². The van der Waals surface area contributed by atoms with E-state index in [0.717, 1.165) is 32.1 Å². The summed E-state index contributed by atoms with van der Waals surface area (Å²) in [4.78, 5) is 11.9. The third-order valence-corrected chi connectivity index (χ3v) is 3.95. The summed E-state index contributed by atoms with van der Waals surface area (Å²) in [5, 5.41) is 2.80. The van der Waals surface area contributed by atoms with Gasteiger partial charge in [0, 0.05) is 17.7 Å². The molecule has 2 atom stereocenters. The van der Waals surface area contributed by atoms with Crippen LogP contribution in [0.15, 0.2) is 54.1 Å². The molecule has 1 aromatic rings. The Kier molecular flexibility index (Phi) is 6.18. The van der Waals surface area contributed by atoms with Crippen LogP contribution in [0.25, 0.3) is 0 Å². The third kappa shape index (κ3) is 6.70. The summed E-state index contributed by atoms with van der Waals surface area (Å²) in [5.74, 6) is -0.150. The number of epoxide rings is 2. The zero-order chi connectivity index (χ0) is 18.4. The van der Waals surface area contributed by atoms with Crippen LogP contribution in [0.2, 0.25) is 0 Å². The Labute approximate surface area is 153 Å². The molecule has 5 N–H and O–H groups in total. The van der Waals surface area contributed by atoms with Gasteiger partial charge in [0.1, 0.15) is 12.2 Å². The van der Waals surface area contributed by atoms with Crippen LogP contribution >= 0.6 is 0 Å². The molecule has 1 amide bonds. The highest BCUT2D eigenvalue weighted by molar-refractivity contribution is 6.05. The van der Waals surface area contributed by atoms with E-state index in [1.165, 1.54) is 0 Å². The van der Waals surface area contributed by atoms with Crippen LogP contribution in [-0.2, 0) is 19.0 Å². The molecule has 1 aromatic carbocycles. The topological polar surface area (TPSA) is 115 Å². The molecule has 2 saturated heterocycles. The molecule has 26 heavy (non-hydrogen) atoms. The number of rotatable bonds is 6. The van der Waals surface area contributed by atoms with Gasteiger partial charge in [0.05, 0.1) is 32.1 Å². The zero-order valence-electron chi connectivity index (χ0n) is 14.6. The quantitative estimate of drug-likeness (QED) is 0.514. The van der Waals surface area contributed by atoms with Crippen molar-refractivity contribution in [2.45, 2.75) is 24.3 Å². The van der Waals surface area contributed by atoms with E-state index in [4.69, 9.17) is 25.7 Å². The molecule has 2 heterocycles. The Hall–Kier alpha value is -2.03. The summed E-state index contributed by atoms with van der Waals surface area (Å²) >= 11 is 0. The second-order valence-corrected chi connectivity index (χ2v) is 6.58. The van der Waals surface area contributed by atoms with Crippen LogP contribution in [-0.4, -0.2) is 50.2 Å². The number of hydrogen-bond donors (Lipinski definition) is 3. The average Bonchev–Trinajstić information content (AvgIpc) is 3.52. The van der Waals surface area contributed by atoms with Crippen molar-refractivity contribution in [3.05, 3.63) is 54.1 Å². The summed E-state index contributed by atoms with van der Waals surface area (Å²) in [6, 6.07) is 9.30. The molecule has 0 bridgehead atoms. The Morgan fingerprint density at radius 1 is 1.15 bits per heavy atom. The monoisotopic (exact) mass is 359 g/mol. The van der Waals surface area contributed by atoms with E-state index in [-0.39, 0.29) is 5.91 Å². The van der Waals surface area contributed by atoms with Gasteiger partial charge < -0.3 is 31.0 Å². The van der Waals surface area contributed by atoms with Gasteiger partial charge in [0.15, 0.2) is 0 Å². The van der Waals surface area contributed by atoms with Gasteiger partial charge >= 0.3 is 0 Å². The van der Waals surface area contributed by atoms with E-state index < -0.39 is 5.66 Å². The van der Waals surface area contributed by atoms with E-state index in [0.29, 0.717) is 24.2 Å². The van der Waals surface area contributed by atoms with Crippen molar-refractivity contribution in [2.24, 2.45) is 11.5 Å². The highest BCUT2D eigenvalue weighted by atomic mass is 16.6. The number of carbonyl (C=O) groups is 1. The third-order valence-electron chi connectivity index (χ3n) is 3.95. The molecule has 0 saturated carbocycles. The maximum atomic E-state index is 11.9. The van der Waals surface area contributed by atoms with E-state index in [1.54, 1.807) is 18.2 Å². The number of benzene rings is 1.